The lowest BCUT2D eigenvalue weighted by Crippen LogP contribution is -2.56. The minimum absolute atomic E-state index is 0.207. The van der Waals surface area contributed by atoms with Gasteiger partial charge < -0.3 is 15.3 Å². The fourth-order valence-corrected chi connectivity index (χ4v) is 2.77. The van der Waals surface area contributed by atoms with Crippen LogP contribution in [0.5, 0.6) is 5.75 Å². The van der Waals surface area contributed by atoms with E-state index in [1.807, 2.05) is 11.8 Å². The van der Waals surface area contributed by atoms with Crippen LogP contribution in [-0.2, 0) is 6.54 Å². The smallest absolute Gasteiger partial charge is 0.403 e. The van der Waals surface area contributed by atoms with Crippen molar-refractivity contribution in [3.8, 4) is 5.75 Å². The molecule has 9 heteroatoms. The van der Waals surface area contributed by atoms with Crippen LogP contribution in [0.15, 0.2) is 23.2 Å². The molecule has 1 saturated heterocycles. The number of halogens is 4. The number of guanidine groups is 1. The van der Waals surface area contributed by atoms with Gasteiger partial charge in [-0.15, -0.1) is 0 Å². The van der Waals surface area contributed by atoms with Gasteiger partial charge in [-0.1, -0.05) is 6.07 Å². The number of nitrogens with zero attached hydrogens (tertiary/aromatic N) is 3. The van der Waals surface area contributed by atoms with Crippen molar-refractivity contribution in [1.29, 1.82) is 0 Å². The number of hydrogen-bond acceptors (Lipinski definition) is 3. The van der Waals surface area contributed by atoms with Crippen LogP contribution in [-0.4, -0.2) is 65.8 Å². The van der Waals surface area contributed by atoms with E-state index in [0.29, 0.717) is 44.2 Å². The molecule has 5 nitrogen and oxygen atoms in total. The highest BCUT2D eigenvalue weighted by Crippen LogP contribution is 2.25. The third-order valence-electron chi connectivity index (χ3n) is 4.39. The molecule has 1 unspecified atom stereocenters. The number of rotatable bonds is 4. The predicted octanol–water partition coefficient (Wildman–Crippen LogP) is 2.57. The molecule has 0 amide bonds. The SMILES string of the molecule is CCNC(=NCc1ccc(O)c(F)c1)N1CCN(C(C)C(F)(F)F)CC1. The molecule has 1 aromatic rings. The molecule has 1 atom stereocenters. The Kier molecular flexibility index (Phi) is 6.69. The fraction of sp³-hybridized carbons (Fsp3) is 0.588. The molecular weight excluding hydrogens is 352 g/mol. The topological polar surface area (TPSA) is 51.1 Å². The number of phenols is 1. The van der Waals surface area contributed by atoms with Crippen LogP contribution in [0.3, 0.4) is 0 Å². The van der Waals surface area contributed by atoms with E-state index in [4.69, 9.17) is 0 Å². The van der Waals surface area contributed by atoms with Crippen LogP contribution in [0.4, 0.5) is 17.6 Å². The van der Waals surface area contributed by atoms with Crippen molar-refractivity contribution in [2.24, 2.45) is 4.99 Å². The van der Waals surface area contributed by atoms with E-state index in [1.165, 1.54) is 24.0 Å². The fourth-order valence-electron chi connectivity index (χ4n) is 2.77. The molecule has 0 aliphatic carbocycles. The standard InChI is InChI=1S/C17H24F4N4O/c1-3-22-16(23-11-13-4-5-15(26)14(18)10-13)25-8-6-24(7-9-25)12(2)17(19,20)21/h4-5,10,12,26H,3,6-9,11H2,1-2H3,(H,22,23). The zero-order valence-corrected chi connectivity index (χ0v) is 14.9. The lowest BCUT2D eigenvalue weighted by atomic mass is 10.2. The second-order valence-electron chi connectivity index (χ2n) is 6.20. The molecular formula is C17H24F4N4O. The zero-order valence-electron chi connectivity index (χ0n) is 14.9. The first-order chi connectivity index (χ1) is 12.2. The second-order valence-corrected chi connectivity index (χ2v) is 6.20. The predicted molar refractivity (Wildman–Crippen MR) is 91.5 cm³/mol. The van der Waals surface area contributed by atoms with Crippen molar-refractivity contribution in [2.45, 2.75) is 32.6 Å². The van der Waals surface area contributed by atoms with Crippen LogP contribution in [0.2, 0.25) is 0 Å². The van der Waals surface area contributed by atoms with Crippen LogP contribution < -0.4 is 5.32 Å². The Morgan fingerprint density at radius 2 is 1.92 bits per heavy atom. The number of nitrogens with one attached hydrogen (secondary N) is 1. The molecule has 1 aliphatic rings. The van der Waals surface area contributed by atoms with Gasteiger partial charge in [0, 0.05) is 32.7 Å². The van der Waals surface area contributed by atoms with Gasteiger partial charge in [-0.3, -0.25) is 4.90 Å². The summed E-state index contributed by atoms with van der Waals surface area (Å²) >= 11 is 0. The zero-order chi connectivity index (χ0) is 19.3. The summed E-state index contributed by atoms with van der Waals surface area (Å²) in [5.74, 6) is -0.544. The number of benzene rings is 1. The van der Waals surface area contributed by atoms with Crippen LogP contribution in [0, 0.1) is 5.82 Å². The summed E-state index contributed by atoms with van der Waals surface area (Å²) in [5.41, 5.74) is 0.597. The molecule has 1 aliphatic heterocycles. The third-order valence-corrected chi connectivity index (χ3v) is 4.39. The highest BCUT2D eigenvalue weighted by molar-refractivity contribution is 5.80. The first-order valence-electron chi connectivity index (χ1n) is 8.53. The van der Waals surface area contributed by atoms with Crippen molar-refractivity contribution >= 4 is 5.96 Å². The minimum atomic E-state index is -4.23. The molecule has 0 bridgehead atoms. The largest absolute Gasteiger partial charge is 0.505 e. The summed E-state index contributed by atoms with van der Waals surface area (Å²) in [6.45, 7) is 5.33. The van der Waals surface area contributed by atoms with E-state index in [-0.39, 0.29) is 6.54 Å². The molecule has 2 rings (SSSR count). The Morgan fingerprint density at radius 3 is 2.46 bits per heavy atom. The molecule has 26 heavy (non-hydrogen) atoms. The number of piperazine rings is 1. The summed E-state index contributed by atoms with van der Waals surface area (Å²) < 4.78 is 51.9. The maximum atomic E-state index is 13.4. The Balaban J connectivity index is 2.00. The summed E-state index contributed by atoms with van der Waals surface area (Å²) in [4.78, 5) is 7.75. The van der Waals surface area contributed by atoms with E-state index in [2.05, 4.69) is 10.3 Å². The summed E-state index contributed by atoms with van der Waals surface area (Å²) in [6.07, 6.45) is -4.23. The van der Waals surface area contributed by atoms with Crippen molar-refractivity contribution < 1.29 is 22.7 Å². The summed E-state index contributed by atoms with van der Waals surface area (Å²) in [7, 11) is 0. The summed E-state index contributed by atoms with van der Waals surface area (Å²) in [5, 5.41) is 12.3. The molecule has 146 valence electrons. The van der Waals surface area contributed by atoms with Crippen LogP contribution >= 0.6 is 0 Å². The highest BCUT2D eigenvalue weighted by Gasteiger charge is 2.41. The number of aromatic hydroxyl groups is 1. The molecule has 1 aromatic carbocycles. The Hall–Kier alpha value is -2.03. The quantitative estimate of drug-likeness (QED) is 0.482. The molecule has 0 spiro atoms. The third kappa shape index (κ3) is 5.23. The van der Waals surface area contributed by atoms with Crippen LogP contribution in [0.25, 0.3) is 0 Å². The van der Waals surface area contributed by atoms with Gasteiger partial charge in [0.05, 0.1) is 6.54 Å². The maximum absolute atomic E-state index is 13.4. The molecule has 1 fully saturated rings. The molecule has 2 N–H and O–H groups in total. The van der Waals surface area contributed by atoms with Gasteiger partial charge in [0.25, 0.3) is 0 Å². The summed E-state index contributed by atoms with van der Waals surface area (Å²) in [6, 6.07) is 2.59. The molecule has 0 aromatic heterocycles. The van der Waals surface area contributed by atoms with E-state index >= 15 is 0 Å². The van der Waals surface area contributed by atoms with Gasteiger partial charge in [-0.2, -0.15) is 13.2 Å². The van der Waals surface area contributed by atoms with E-state index in [0.717, 1.165) is 0 Å². The monoisotopic (exact) mass is 376 g/mol. The van der Waals surface area contributed by atoms with Crippen LogP contribution in [0.1, 0.15) is 19.4 Å². The average Bonchev–Trinajstić information content (AvgIpc) is 2.60. The van der Waals surface area contributed by atoms with E-state index in [9.17, 15) is 22.7 Å². The highest BCUT2D eigenvalue weighted by atomic mass is 19.4. The molecule has 0 saturated carbocycles. The first-order valence-corrected chi connectivity index (χ1v) is 8.53. The Labute approximate surface area is 150 Å². The molecule has 1 heterocycles. The van der Waals surface area contributed by atoms with Gasteiger partial charge in [-0.25, -0.2) is 9.38 Å². The number of hydrogen-bond donors (Lipinski definition) is 2. The Bertz CT molecular complexity index is 628. The minimum Gasteiger partial charge on any atom is -0.505 e. The average molecular weight is 376 g/mol. The van der Waals surface area contributed by atoms with Gasteiger partial charge in [-0.05, 0) is 31.5 Å². The number of phenolic OH excluding ortho intramolecular Hbond substituents is 1. The lowest BCUT2D eigenvalue weighted by molar-refractivity contribution is -0.181. The van der Waals surface area contributed by atoms with Crippen molar-refractivity contribution in [2.75, 3.05) is 32.7 Å². The van der Waals surface area contributed by atoms with Crippen molar-refractivity contribution in [3.05, 3.63) is 29.6 Å². The van der Waals surface area contributed by atoms with Gasteiger partial charge in [0.15, 0.2) is 17.5 Å². The molecule has 0 radical (unpaired) electrons. The van der Waals surface area contributed by atoms with E-state index < -0.39 is 23.8 Å². The normalized spacial score (nSPS) is 18.1. The van der Waals surface area contributed by atoms with Gasteiger partial charge in [0.2, 0.25) is 0 Å². The van der Waals surface area contributed by atoms with Gasteiger partial charge >= 0.3 is 6.18 Å². The lowest BCUT2D eigenvalue weighted by Gasteiger charge is -2.39. The van der Waals surface area contributed by atoms with Crippen molar-refractivity contribution in [1.82, 2.24) is 15.1 Å². The maximum Gasteiger partial charge on any atom is 0.403 e. The van der Waals surface area contributed by atoms with Crippen molar-refractivity contribution in [3.63, 3.8) is 0 Å². The second kappa shape index (κ2) is 8.57. The number of aliphatic imine (C=N–C) groups is 1. The van der Waals surface area contributed by atoms with E-state index in [1.54, 1.807) is 6.07 Å². The first kappa shape index (κ1) is 20.3. The van der Waals surface area contributed by atoms with Gasteiger partial charge in [0.1, 0.15) is 6.04 Å². The Morgan fingerprint density at radius 1 is 1.27 bits per heavy atom. The number of alkyl halides is 3.